The third kappa shape index (κ3) is 13.2. The molecule has 6 nitrogen and oxygen atoms in total. The minimum atomic E-state index is 0.0437. The van der Waals surface area contributed by atoms with Crippen LogP contribution in [-0.4, -0.2) is 32.1 Å². The van der Waals surface area contributed by atoms with E-state index in [4.69, 9.17) is 24.7 Å². The lowest BCUT2D eigenvalue weighted by Gasteiger charge is -2.29. The first-order chi connectivity index (χ1) is 59.5. The zero-order valence-electron chi connectivity index (χ0n) is 65.6. The highest BCUT2D eigenvalue weighted by Crippen LogP contribution is 2.53. The van der Waals surface area contributed by atoms with Crippen molar-refractivity contribution in [3.05, 3.63) is 454 Å². The minimum absolute atomic E-state index is 0.0437. The molecule has 564 valence electrons. The van der Waals surface area contributed by atoms with E-state index in [0.717, 1.165) is 78.6 Å². The number of anilines is 2. The highest BCUT2D eigenvalue weighted by atomic mass is 16.5. The number of hydrogen-bond acceptors (Lipinski definition) is 6. The van der Waals surface area contributed by atoms with Crippen molar-refractivity contribution in [2.24, 2.45) is 0 Å². The average molecular weight is 1530 g/mol. The van der Waals surface area contributed by atoms with Crippen LogP contribution in [0.1, 0.15) is 23.0 Å². The number of para-hydroxylation sites is 3. The molecule has 4 atom stereocenters. The van der Waals surface area contributed by atoms with Gasteiger partial charge in [0.2, 0.25) is 0 Å². The van der Waals surface area contributed by atoms with Crippen LogP contribution in [0.4, 0.5) is 11.4 Å². The quantitative estimate of drug-likeness (QED) is 0.115. The standard InChI is InChI=1S/C60H41N3.C54H36N2O/c1-2-17-48(18-3-1)63-58-26-9-8-21-54(58)55-25-12-24-53(59(55)63)44-31-37-47(38-32-44)60-61-56(45-33-27-42(28-34-45)51-22-10-15-40-13-4-6-19-49(40)51)39-57(62-60)46-35-29-43(30-36-46)52-23-11-16-41-14-5-7-20-50(41)52;1-3-14-43-35(10-1)12-7-17-45(43)37-22-28-40(29-23-37)50-34-51(41-30-24-38(25-31-41)46-18-8-13-36-11-2-4-15-44(36)46)56-54(55-50)42-32-26-39(27-33-42)47-19-9-20-49-48-16-5-6-21-52(48)57-53(47)49/h1-39,54,58H;1-34,48,52H. The highest BCUT2D eigenvalue weighted by Gasteiger charge is 2.39. The Balaban J connectivity index is 0.000000145. The van der Waals surface area contributed by atoms with Crippen LogP contribution in [0.15, 0.2) is 443 Å². The summed E-state index contributed by atoms with van der Waals surface area (Å²) in [4.78, 5) is 23.5. The summed E-state index contributed by atoms with van der Waals surface area (Å²) in [6.45, 7) is 0. The molecule has 23 rings (SSSR count). The molecule has 2 aliphatic heterocycles. The molecule has 0 spiro atoms. The van der Waals surface area contributed by atoms with E-state index >= 15 is 0 Å². The maximum Gasteiger partial charge on any atom is 0.160 e. The van der Waals surface area contributed by atoms with Crippen LogP contribution in [0, 0.1) is 0 Å². The van der Waals surface area contributed by atoms with Gasteiger partial charge in [-0.2, -0.15) is 0 Å². The van der Waals surface area contributed by atoms with Gasteiger partial charge in [0, 0.05) is 67.6 Å². The molecule has 4 aliphatic rings. The summed E-state index contributed by atoms with van der Waals surface area (Å²) in [7, 11) is 0. The zero-order valence-corrected chi connectivity index (χ0v) is 65.6. The molecule has 0 amide bonds. The van der Waals surface area contributed by atoms with Crippen LogP contribution in [0.25, 0.3) is 178 Å². The number of fused-ring (bicyclic) bond motifs is 10. The van der Waals surface area contributed by atoms with E-state index in [1.165, 1.54) is 116 Å². The van der Waals surface area contributed by atoms with Gasteiger partial charge in [0.25, 0.3) is 0 Å². The topological polar surface area (TPSA) is 64.0 Å². The van der Waals surface area contributed by atoms with E-state index in [2.05, 4.69) is 448 Å². The number of rotatable bonds is 13. The summed E-state index contributed by atoms with van der Waals surface area (Å²) >= 11 is 0. The number of ether oxygens (including phenoxy) is 1. The Hall–Kier alpha value is -15.5. The summed E-state index contributed by atoms with van der Waals surface area (Å²) in [6.07, 6.45) is 17.7. The summed E-state index contributed by atoms with van der Waals surface area (Å²) in [5.41, 5.74) is 28.8. The molecule has 2 aromatic heterocycles. The maximum absolute atomic E-state index is 6.49. The Morgan fingerprint density at radius 2 is 0.525 bits per heavy atom. The second-order valence-corrected chi connectivity index (χ2v) is 31.3. The summed E-state index contributed by atoms with van der Waals surface area (Å²) in [5.74, 6) is 2.88. The summed E-state index contributed by atoms with van der Waals surface area (Å²) in [5, 5.41) is 9.92. The molecule has 2 aliphatic carbocycles. The van der Waals surface area contributed by atoms with E-state index < -0.39 is 0 Å². The molecule has 0 bridgehead atoms. The van der Waals surface area contributed by atoms with E-state index in [0.29, 0.717) is 17.6 Å². The molecular weight excluding hydrogens is 1460 g/mol. The third-order valence-electron chi connectivity index (χ3n) is 24.3. The lowest BCUT2D eigenvalue weighted by atomic mass is 9.90. The van der Waals surface area contributed by atoms with Gasteiger partial charge in [-0.1, -0.05) is 413 Å². The molecule has 19 aromatic rings. The van der Waals surface area contributed by atoms with Gasteiger partial charge in [0.05, 0.1) is 34.5 Å². The smallest absolute Gasteiger partial charge is 0.160 e. The van der Waals surface area contributed by atoms with E-state index in [1.54, 1.807) is 0 Å². The fraction of sp³-hybridized carbons (Fsp3) is 0.0351. The monoisotopic (exact) mass is 1530 g/mol. The van der Waals surface area contributed by atoms with Gasteiger partial charge in [-0.05, 0) is 135 Å². The molecule has 4 unspecified atom stereocenters. The summed E-state index contributed by atoms with van der Waals surface area (Å²) < 4.78 is 6.49. The van der Waals surface area contributed by atoms with Crippen molar-refractivity contribution in [2.75, 3.05) is 4.90 Å². The fourth-order valence-electron chi connectivity index (χ4n) is 18.3. The van der Waals surface area contributed by atoms with Gasteiger partial charge in [0.1, 0.15) is 11.9 Å². The molecule has 17 aromatic carbocycles. The molecule has 6 heteroatoms. The Labute approximate surface area is 697 Å². The van der Waals surface area contributed by atoms with Crippen molar-refractivity contribution in [3.8, 4) is 140 Å². The van der Waals surface area contributed by atoms with Crippen molar-refractivity contribution in [2.45, 2.75) is 24.0 Å². The minimum Gasteiger partial charge on any atom is -0.484 e. The van der Waals surface area contributed by atoms with E-state index in [1.807, 2.05) is 0 Å². The van der Waals surface area contributed by atoms with Crippen LogP contribution in [0.3, 0.4) is 0 Å². The first-order valence-electron chi connectivity index (χ1n) is 41.3. The Morgan fingerprint density at radius 3 is 0.942 bits per heavy atom. The molecular formula is C114H77N5O. The van der Waals surface area contributed by atoms with Crippen molar-refractivity contribution < 1.29 is 4.74 Å². The van der Waals surface area contributed by atoms with Crippen LogP contribution < -0.4 is 9.64 Å². The van der Waals surface area contributed by atoms with E-state index in [-0.39, 0.29) is 18.1 Å². The van der Waals surface area contributed by atoms with Crippen LogP contribution in [0.5, 0.6) is 5.75 Å². The molecule has 120 heavy (non-hydrogen) atoms. The van der Waals surface area contributed by atoms with Crippen LogP contribution in [0.2, 0.25) is 0 Å². The molecule has 0 radical (unpaired) electrons. The average Bonchev–Trinajstić information content (AvgIpc) is 1.58. The first kappa shape index (κ1) is 71.1. The SMILES string of the molecule is C1=CC2Oc3c(-c4ccc(-c5nc(-c6ccc(-c7cccc8ccccc78)cc6)cc(-c6ccc(-c7cccc8ccccc78)cc6)n5)cc4)cccc3C2C=C1.C1=CC2c3cccc(-c4ccc(-c5nc(-c6ccc(-c7cccc8ccccc78)cc6)cc(-c6ccc(-c7cccc8ccccc78)cc6)n5)cc4)c3N(c3ccccc3)C2C=C1. The van der Waals surface area contributed by atoms with Crippen molar-refractivity contribution in [1.82, 2.24) is 19.9 Å². The number of allylic oxidation sites excluding steroid dienone is 4. The van der Waals surface area contributed by atoms with Gasteiger partial charge in [0.15, 0.2) is 11.6 Å². The normalized spacial score (nSPS) is 15.2. The van der Waals surface area contributed by atoms with Gasteiger partial charge < -0.3 is 9.64 Å². The second kappa shape index (κ2) is 30.6. The molecule has 0 saturated carbocycles. The third-order valence-corrected chi connectivity index (χ3v) is 24.3. The number of benzene rings is 17. The Kier molecular flexibility index (Phi) is 18.1. The first-order valence-corrected chi connectivity index (χ1v) is 41.3. The second-order valence-electron chi connectivity index (χ2n) is 31.3. The number of nitrogens with zero attached hydrogens (tertiary/aromatic N) is 5. The molecule has 0 fully saturated rings. The van der Waals surface area contributed by atoms with Crippen LogP contribution >= 0.6 is 0 Å². The lowest BCUT2D eigenvalue weighted by Crippen LogP contribution is -2.28. The fourth-order valence-corrected chi connectivity index (χ4v) is 18.3. The van der Waals surface area contributed by atoms with Gasteiger partial charge >= 0.3 is 0 Å². The predicted octanol–water partition coefficient (Wildman–Crippen LogP) is 29.3. The molecule has 4 heterocycles. The lowest BCUT2D eigenvalue weighted by molar-refractivity contribution is 0.270. The largest absolute Gasteiger partial charge is 0.484 e. The van der Waals surface area contributed by atoms with Crippen LogP contribution in [-0.2, 0) is 0 Å². The Bertz CT molecular complexity index is 6990. The van der Waals surface area contributed by atoms with Gasteiger partial charge in [-0.3, -0.25) is 0 Å². The predicted molar refractivity (Wildman–Crippen MR) is 498 cm³/mol. The van der Waals surface area contributed by atoms with Crippen molar-refractivity contribution in [1.29, 1.82) is 0 Å². The molecule has 0 saturated heterocycles. The zero-order chi connectivity index (χ0) is 79.4. The Morgan fingerprint density at radius 1 is 0.225 bits per heavy atom. The molecule has 0 N–H and O–H groups in total. The van der Waals surface area contributed by atoms with Crippen molar-refractivity contribution >= 4 is 54.5 Å². The van der Waals surface area contributed by atoms with E-state index in [9.17, 15) is 0 Å². The highest BCUT2D eigenvalue weighted by molar-refractivity contribution is 6.01. The maximum atomic E-state index is 6.49. The van der Waals surface area contributed by atoms with Crippen molar-refractivity contribution in [3.63, 3.8) is 0 Å². The summed E-state index contributed by atoms with van der Waals surface area (Å²) in [6, 6.07) is 141. The number of hydrogen-bond donors (Lipinski definition) is 0. The van der Waals surface area contributed by atoms with Gasteiger partial charge in [-0.25, -0.2) is 19.9 Å². The van der Waals surface area contributed by atoms with Gasteiger partial charge in [-0.15, -0.1) is 0 Å². The number of aromatic nitrogens is 4.